The van der Waals surface area contributed by atoms with Crippen LogP contribution in [0.15, 0.2) is 29.2 Å². The molecule has 1 aliphatic carbocycles. The van der Waals surface area contributed by atoms with Crippen molar-refractivity contribution in [2.75, 3.05) is 20.3 Å². The van der Waals surface area contributed by atoms with Gasteiger partial charge < -0.3 is 14.3 Å². The zero-order valence-corrected chi connectivity index (χ0v) is 16.1. The van der Waals surface area contributed by atoms with Crippen molar-refractivity contribution in [1.29, 1.82) is 0 Å². The van der Waals surface area contributed by atoms with Crippen LogP contribution in [0.3, 0.4) is 0 Å². The number of halogens is 3. The molecule has 2 aromatic rings. The van der Waals surface area contributed by atoms with Gasteiger partial charge in [0.05, 0.1) is 24.8 Å². The summed E-state index contributed by atoms with van der Waals surface area (Å²) in [4.78, 5) is 11.3. The van der Waals surface area contributed by atoms with E-state index in [0.29, 0.717) is 5.92 Å². The summed E-state index contributed by atoms with van der Waals surface area (Å²) in [5.41, 5.74) is 3.82. The first-order chi connectivity index (χ1) is 13.8. The first-order valence-electron chi connectivity index (χ1n) is 9.35. The van der Waals surface area contributed by atoms with Crippen molar-refractivity contribution in [2.24, 2.45) is 5.92 Å². The third-order valence-corrected chi connectivity index (χ3v) is 4.90. The van der Waals surface area contributed by atoms with Gasteiger partial charge in [-0.15, -0.1) is 0 Å². The standard InChI is InChI=1S/C17H23N3O2.C2HF3O2/c1-21-12-15-8-19(6-14-4-5-22-11-14)10-17-16(15)9-20(18-17)7-13-2-3-13;3-2(4,5)1(6)7/h4-5,9,11,13,15H,2-3,6-8,10,12H2,1H3;(H,6,7). The van der Waals surface area contributed by atoms with Gasteiger partial charge in [0.1, 0.15) is 0 Å². The number of carbonyl (C=O) groups is 1. The second kappa shape index (κ2) is 9.00. The molecule has 29 heavy (non-hydrogen) atoms. The predicted octanol–water partition coefficient (Wildman–Crippen LogP) is 3.27. The minimum Gasteiger partial charge on any atom is -0.475 e. The summed E-state index contributed by atoms with van der Waals surface area (Å²) in [6.07, 6.45) is 3.46. The molecule has 0 spiro atoms. The highest BCUT2D eigenvalue weighted by Gasteiger charge is 2.38. The van der Waals surface area contributed by atoms with E-state index in [1.165, 1.54) is 29.7 Å². The number of carboxylic acid groups (broad SMARTS) is 1. The topological polar surface area (TPSA) is 80.7 Å². The van der Waals surface area contributed by atoms with Crippen LogP contribution in [0, 0.1) is 5.92 Å². The van der Waals surface area contributed by atoms with E-state index >= 15 is 0 Å². The molecule has 7 nitrogen and oxygen atoms in total. The van der Waals surface area contributed by atoms with Crippen LogP contribution >= 0.6 is 0 Å². The minimum atomic E-state index is -5.08. The summed E-state index contributed by atoms with van der Waals surface area (Å²) < 4.78 is 44.5. The molecule has 0 saturated heterocycles. The van der Waals surface area contributed by atoms with Gasteiger partial charge in [0, 0.05) is 56.5 Å². The molecule has 2 aliphatic rings. The average molecular weight is 415 g/mol. The van der Waals surface area contributed by atoms with Crippen LogP contribution in [0.5, 0.6) is 0 Å². The van der Waals surface area contributed by atoms with Crippen molar-refractivity contribution in [1.82, 2.24) is 14.7 Å². The Bertz CT molecular complexity index is 800. The zero-order valence-electron chi connectivity index (χ0n) is 16.1. The van der Waals surface area contributed by atoms with Crippen LogP contribution in [-0.4, -0.2) is 52.2 Å². The molecule has 2 aromatic heterocycles. The van der Waals surface area contributed by atoms with E-state index in [9.17, 15) is 13.2 Å². The second-order valence-electron chi connectivity index (χ2n) is 7.45. The number of furan rings is 1. The minimum absolute atomic E-state index is 0.411. The van der Waals surface area contributed by atoms with Gasteiger partial charge in [-0.25, -0.2) is 4.79 Å². The van der Waals surface area contributed by atoms with E-state index in [-0.39, 0.29) is 0 Å². The molecule has 1 N–H and O–H groups in total. The fourth-order valence-corrected chi connectivity index (χ4v) is 3.39. The summed E-state index contributed by atoms with van der Waals surface area (Å²) in [6, 6.07) is 2.03. The molecule has 1 fully saturated rings. The van der Waals surface area contributed by atoms with Gasteiger partial charge in [-0.3, -0.25) is 9.58 Å². The fraction of sp³-hybridized carbons (Fsp3) is 0.579. The average Bonchev–Trinajstić information content (AvgIpc) is 3.13. The molecule has 0 bridgehead atoms. The molecule has 1 atom stereocenters. The number of carboxylic acids is 1. The lowest BCUT2D eigenvalue weighted by Crippen LogP contribution is -2.34. The Labute approximate surface area is 166 Å². The second-order valence-corrected chi connectivity index (χ2v) is 7.45. The van der Waals surface area contributed by atoms with Crippen molar-refractivity contribution >= 4 is 5.97 Å². The summed E-state index contributed by atoms with van der Waals surface area (Å²) in [6.45, 7) is 4.67. The number of ether oxygens (including phenoxy) is 1. The van der Waals surface area contributed by atoms with E-state index in [4.69, 9.17) is 24.2 Å². The molecule has 1 unspecified atom stereocenters. The normalized spacial score (nSPS) is 19.4. The van der Waals surface area contributed by atoms with Crippen LogP contribution < -0.4 is 0 Å². The highest BCUT2D eigenvalue weighted by atomic mass is 19.4. The third-order valence-electron chi connectivity index (χ3n) is 4.90. The van der Waals surface area contributed by atoms with E-state index in [2.05, 4.69) is 15.8 Å². The lowest BCUT2D eigenvalue weighted by atomic mass is 9.95. The zero-order chi connectivity index (χ0) is 21.0. The molecule has 4 rings (SSSR count). The van der Waals surface area contributed by atoms with E-state index < -0.39 is 12.1 Å². The van der Waals surface area contributed by atoms with Crippen LogP contribution in [0.25, 0.3) is 0 Å². The van der Waals surface area contributed by atoms with Gasteiger partial charge in [-0.2, -0.15) is 18.3 Å². The number of hydrogen-bond acceptors (Lipinski definition) is 5. The van der Waals surface area contributed by atoms with Crippen LogP contribution in [0.1, 0.15) is 35.6 Å². The van der Waals surface area contributed by atoms with Crippen molar-refractivity contribution < 1.29 is 32.2 Å². The number of aromatic nitrogens is 2. The Kier molecular flexibility index (Phi) is 6.63. The third kappa shape index (κ3) is 6.07. The summed E-state index contributed by atoms with van der Waals surface area (Å²) in [5.74, 6) is -1.50. The Balaban J connectivity index is 0.000000298. The Hall–Kier alpha value is -2.33. The van der Waals surface area contributed by atoms with Gasteiger partial charge >= 0.3 is 12.1 Å². The smallest absolute Gasteiger partial charge is 0.475 e. The molecule has 10 heteroatoms. The number of nitrogens with zero attached hydrogens (tertiary/aromatic N) is 3. The molecule has 0 radical (unpaired) electrons. The first kappa shape index (κ1) is 21.4. The van der Waals surface area contributed by atoms with Gasteiger partial charge in [-0.1, -0.05) is 0 Å². The molecular weight excluding hydrogens is 391 g/mol. The fourth-order valence-electron chi connectivity index (χ4n) is 3.39. The van der Waals surface area contributed by atoms with Gasteiger partial charge in [-0.05, 0) is 24.8 Å². The van der Waals surface area contributed by atoms with Crippen molar-refractivity contribution in [3.05, 3.63) is 41.6 Å². The van der Waals surface area contributed by atoms with E-state index in [0.717, 1.165) is 38.7 Å². The lowest BCUT2D eigenvalue weighted by molar-refractivity contribution is -0.192. The molecule has 0 aromatic carbocycles. The predicted molar refractivity (Wildman–Crippen MR) is 96.1 cm³/mol. The highest BCUT2D eigenvalue weighted by molar-refractivity contribution is 5.73. The lowest BCUT2D eigenvalue weighted by Gasteiger charge is -2.31. The van der Waals surface area contributed by atoms with Crippen LogP contribution in [-0.2, 0) is 29.2 Å². The highest BCUT2D eigenvalue weighted by Crippen LogP contribution is 2.33. The molecule has 1 aliphatic heterocycles. The summed E-state index contributed by atoms with van der Waals surface area (Å²) in [5, 5.41) is 12.0. The number of rotatable bonds is 6. The molecule has 0 amide bonds. The monoisotopic (exact) mass is 415 g/mol. The number of methoxy groups -OCH3 is 1. The first-order valence-corrected chi connectivity index (χ1v) is 9.35. The maximum atomic E-state index is 10.6. The molecule has 160 valence electrons. The SMILES string of the molecule is COCC1CN(Cc2ccoc2)Cc2nn(CC3CC3)cc21.O=C(O)C(F)(F)F. The Morgan fingerprint density at radius 1 is 1.41 bits per heavy atom. The maximum Gasteiger partial charge on any atom is 0.490 e. The van der Waals surface area contributed by atoms with Gasteiger partial charge in [0.25, 0.3) is 0 Å². The van der Waals surface area contributed by atoms with E-state index in [1.807, 2.05) is 12.3 Å². The number of fused-ring (bicyclic) bond motifs is 1. The number of aliphatic carboxylic acids is 1. The summed E-state index contributed by atoms with van der Waals surface area (Å²) in [7, 11) is 1.78. The van der Waals surface area contributed by atoms with Crippen LogP contribution in [0.4, 0.5) is 13.2 Å². The van der Waals surface area contributed by atoms with Crippen molar-refractivity contribution in [3.63, 3.8) is 0 Å². The maximum absolute atomic E-state index is 10.6. The van der Waals surface area contributed by atoms with Gasteiger partial charge in [0.2, 0.25) is 0 Å². The largest absolute Gasteiger partial charge is 0.490 e. The van der Waals surface area contributed by atoms with Gasteiger partial charge in [0.15, 0.2) is 0 Å². The quantitative estimate of drug-likeness (QED) is 0.780. The van der Waals surface area contributed by atoms with Crippen LogP contribution in [0.2, 0.25) is 0 Å². The van der Waals surface area contributed by atoms with E-state index in [1.54, 1.807) is 13.4 Å². The molecular formula is C19H24F3N3O4. The summed E-state index contributed by atoms with van der Waals surface area (Å²) >= 11 is 0. The van der Waals surface area contributed by atoms with Crippen molar-refractivity contribution in [3.8, 4) is 0 Å². The molecule has 3 heterocycles. The Morgan fingerprint density at radius 3 is 2.69 bits per heavy atom. The molecule has 1 saturated carbocycles. The van der Waals surface area contributed by atoms with Crippen molar-refractivity contribution in [2.45, 2.75) is 44.6 Å². The Morgan fingerprint density at radius 2 is 2.14 bits per heavy atom. The number of alkyl halides is 3. The number of hydrogen-bond donors (Lipinski definition) is 1.